The maximum Gasteiger partial charge on any atom is 0.331 e. The van der Waals surface area contributed by atoms with Crippen LogP contribution in [0.1, 0.15) is 65.7 Å². The van der Waals surface area contributed by atoms with E-state index >= 15 is 0 Å². The molecule has 0 amide bonds. The Morgan fingerprint density at radius 3 is 2.41 bits per heavy atom. The monoisotopic (exact) mass is 724 g/mol. The van der Waals surface area contributed by atoms with Crippen molar-refractivity contribution in [3.8, 4) is 0 Å². The number of carbonyl (C=O) groups is 2. The summed E-state index contributed by atoms with van der Waals surface area (Å²) < 4.78 is 41.9. The average molecular weight is 725 g/mol. The van der Waals surface area contributed by atoms with Gasteiger partial charge in [0.2, 0.25) is 0 Å². The lowest BCUT2D eigenvalue weighted by molar-refractivity contribution is -0.345. The average Bonchev–Trinajstić information content (AvgIpc) is 3.55. The third-order valence-electron chi connectivity index (χ3n) is 14.5. The molecular weight excluding hydrogens is 672 g/mol. The SMILES string of the molecule is COC1CC(OC2CCC3(C)C(C2)CC2OC24C3C(=O)C(O)C2(C)C(C3=CC(=O)OC3)CCC24O)OC(C)C1OC1OC(CO)C(O)C(O)C1O. The second-order valence-electron chi connectivity index (χ2n) is 16.7. The molecule has 15 heteroatoms. The molecule has 286 valence electrons. The van der Waals surface area contributed by atoms with Crippen molar-refractivity contribution in [1.82, 2.24) is 0 Å². The number of cyclic esters (lactones) is 1. The van der Waals surface area contributed by atoms with Crippen molar-refractivity contribution in [3.63, 3.8) is 0 Å². The third kappa shape index (κ3) is 5.00. The van der Waals surface area contributed by atoms with Gasteiger partial charge in [0.05, 0.1) is 36.9 Å². The van der Waals surface area contributed by atoms with E-state index in [1.165, 1.54) is 13.2 Å². The van der Waals surface area contributed by atoms with Crippen LogP contribution >= 0.6 is 0 Å². The van der Waals surface area contributed by atoms with E-state index in [0.717, 1.165) is 0 Å². The number of ketones is 1. The molecule has 4 saturated carbocycles. The van der Waals surface area contributed by atoms with Crippen molar-refractivity contribution < 1.29 is 73.4 Å². The molecule has 8 aliphatic rings. The summed E-state index contributed by atoms with van der Waals surface area (Å²) in [5.41, 5.74) is -3.63. The number of aliphatic hydroxyl groups is 6. The number of epoxide rings is 1. The van der Waals surface area contributed by atoms with Crippen LogP contribution in [0, 0.1) is 28.6 Å². The number of hydrogen-bond acceptors (Lipinski definition) is 15. The van der Waals surface area contributed by atoms with Crippen molar-refractivity contribution in [2.45, 2.75) is 151 Å². The predicted octanol–water partition coefficient (Wildman–Crippen LogP) is -0.755. The van der Waals surface area contributed by atoms with Gasteiger partial charge in [0.1, 0.15) is 54.4 Å². The van der Waals surface area contributed by atoms with Crippen LogP contribution in [0.5, 0.6) is 0 Å². The molecule has 0 bridgehead atoms. The summed E-state index contributed by atoms with van der Waals surface area (Å²) in [7, 11) is 1.53. The Balaban J connectivity index is 0.949. The number of fused-ring (bicyclic) bond motifs is 3. The Morgan fingerprint density at radius 1 is 0.961 bits per heavy atom. The normalized spacial score (nSPS) is 56.4. The molecule has 0 aromatic heterocycles. The fourth-order valence-electron chi connectivity index (χ4n) is 11.7. The Morgan fingerprint density at radius 2 is 1.73 bits per heavy atom. The van der Waals surface area contributed by atoms with Crippen molar-refractivity contribution in [2.75, 3.05) is 20.3 Å². The number of rotatable bonds is 7. The fraction of sp³-hybridized carbons (Fsp3) is 0.889. The minimum atomic E-state index is -1.58. The largest absolute Gasteiger partial charge is 0.458 e. The molecule has 0 radical (unpaired) electrons. The van der Waals surface area contributed by atoms with Gasteiger partial charge < -0.3 is 63.8 Å². The van der Waals surface area contributed by atoms with Crippen LogP contribution < -0.4 is 0 Å². The lowest BCUT2D eigenvalue weighted by Crippen LogP contribution is -2.75. The summed E-state index contributed by atoms with van der Waals surface area (Å²) in [5, 5.41) is 65.0. The highest BCUT2D eigenvalue weighted by atomic mass is 16.7. The van der Waals surface area contributed by atoms with Crippen molar-refractivity contribution >= 4 is 11.8 Å². The van der Waals surface area contributed by atoms with E-state index in [-0.39, 0.29) is 30.5 Å². The summed E-state index contributed by atoms with van der Waals surface area (Å²) in [6.45, 7) is 5.16. The minimum Gasteiger partial charge on any atom is -0.458 e. The lowest BCUT2D eigenvalue weighted by Gasteiger charge is -2.62. The number of carbonyl (C=O) groups excluding carboxylic acids is 2. The van der Waals surface area contributed by atoms with Gasteiger partial charge in [-0.1, -0.05) is 13.8 Å². The summed E-state index contributed by atoms with van der Waals surface area (Å²) in [6, 6.07) is 0. The van der Waals surface area contributed by atoms with Gasteiger partial charge in [0.15, 0.2) is 18.4 Å². The van der Waals surface area contributed by atoms with Crippen LogP contribution in [0.4, 0.5) is 0 Å². The number of Topliss-reactive ketones (excluding diaryl/α,β-unsaturated/α-hetero) is 1. The first kappa shape index (κ1) is 36.4. The van der Waals surface area contributed by atoms with Gasteiger partial charge in [0.25, 0.3) is 0 Å². The van der Waals surface area contributed by atoms with Gasteiger partial charge in [0, 0.05) is 25.0 Å². The zero-order valence-electron chi connectivity index (χ0n) is 29.5. The van der Waals surface area contributed by atoms with E-state index in [1.807, 2.05) is 0 Å². The summed E-state index contributed by atoms with van der Waals surface area (Å²) in [5.74, 6) is -1.81. The first-order valence-corrected chi connectivity index (χ1v) is 18.4. The Bertz CT molecular complexity index is 1440. The van der Waals surface area contributed by atoms with Gasteiger partial charge in [-0.05, 0) is 68.3 Å². The van der Waals surface area contributed by atoms with Gasteiger partial charge in [-0.25, -0.2) is 4.79 Å². The van der Waals surface area contributed by atoms with E-state index in [1.54, 1.807) is 13.8 Å². The number of methoxy groups -OCH3 is 1. The van der Waals surface area contributed by atoms with Crippen molar-refractivity contribution in [2.24, 2.45) is 28.6 Å². The van der Waals surface area contributed by atoms with E-state index in [0.29, 0.717) is 50.5 Å². The van der Waals surface area contributed by atoms with Crippen LogP contribution in [0.15, 0.2) is 11.6 Å². The molecule has 3 saturated heterocycles. The molecule has 7 fully saturated rings. The summed E-state index contributed by atoms with van der Waals surface area (Å²) >= 11 is 0. The standard InChI is InChI=1S/C36H52O15/c1-15-29(50-32-27(41)26(40)25(39)21(13-37)49-32)20(45-4)12-24(47-15)48-18-5-7-33(2)17(10-18)11-22-36(51-22)30(33)28(42)31(43)34(3)19(6-8-35(34,36)44)16-9-23(38)46-14-16/h9,15,17-22,24-27,29-32,37,39-41,43-44H,5-8,10-14H2,1-4H3. The van der Waals surface area contributed by atoms with Crippen LogP contribution in [0.2, 0.25) is 0 Å². The fourth-order valence-corrected chi connectivity index (χ4v) is 11.7. The number of aliphatic hydroxyl groups excluding tert-OH is 5. The lowest BCUT2D eigenvalue weighted by atomic mass is 9.41. The van der Waals surface area contributed by atoms with Gasteiger partial charge >= 0.3 is 5.97 Å². The minimum absolute atomic E-state index is 0.0215. The second kappa shape index (κ2) is 12.5. The van der Waals surface area contributed by atoms with E-state index < -0.39 is 108 Å². The zero-order chi connectivity index (χ0) is 36.4. The number of ether oxygens (including phenoxy) is 7. The highest BCUT2D eigenvalue weighted by Crippen LogP contribution is 2.76. The summed E-state index contributed by atoms with van der Waals surface area (Å²) in [6.07, 6.45) is -6.46. The number of hydrogen-bond donors (Lipinski definition) is 6. The van der Waals surface area contributed by atoms with E-state index in [4.69, 9.17) is 33.2 Å². The van der Waals surface area contributed by atoms with Gasteiger partial charge in [-0.3, -0.25) is 4.79 Å². The van der Waals surface area contributed by atoms with Crippen LogP contribution in [-0.2, 0) is 42.7 Å². The number of esters is 1. The molecule has 51 heavy (non-hydrogen) atoms. The molecular formula is C36H52O15. The highest BCUT2D eigenvalue weighted by molar-refractivity contribution is 5.92. The molecule has 19 atom stereocenters. The van der Waals surface area contributed by atoms with Gasteiger partial charge in [-0.15, -0.1) is 0 Å². The first-order chi connectivity index (χ1) is 24.1. The Hall–Kier alpha value is -1.60. The molecule has 4 heterocycles. The molecule has 15 nitrogen and oxygen atoms in total. The molecule has 1 spiro atoms. The topological polar surface area (TPSA) is 223 Å². The first-order valence-electron chi connectivity index (χ1n) is 18.4. The third-order valence-corrected chi connectivity index (χ3v) is 14.5. The molecule has 4 aliphatic heterocycles. The van der Waals surface area contributed by atoms with Crippen molar-refractivity contribution in [3.05, 3.63) is 11.6 Å². The molecule has 6 N–H and O–H groups in total. The second-order valence-corrected chi connectivity index (χ2v) is 16.7. The summed E-state index contributed by atoms with van der Waals surface area (Å²) in [4.78, 5) is 26.4. The zero-order valence-corrected chi connectivity index (χ0v) is 29.5. The van der Waals surface area contributed by atoms with E-state index in [9.17, 15) is 40.2 Å². The van der Waals surface area contributed by atoms with Gasteiger partial charge in [-0.2, -0.15) is 0 Å². The Kier molecular flexibility index (Phi) is 8.89. The Labute approximate surface area is 296 Å². The van der Waals surface area contributed by atoms with Crippen LogP contribution in [0.25, 0.3) is 0 Å². The quantitative estimate of drug-likeness (QED) is 0.108. The molecule has 0 aromatic carbocycles. The molecule has 8 rings (SSSR count). The van der Waals surface area contributed by atoms with Crippen molar-refractivity contribution in [1.29, 1.82) is 0 Å². The van der Waals surface area contributed by atoms with Crippen LogP contribution in [-0.4, -0.2) is 148 Å². The maximum absolute atomic E-state index is 14.4. The molecule has 19 unspecified atom stereocenters. The highest BCUT2D eigenvalue weighted by Gasteiger charge is 2.88. The molecule has 0 aromatic rings. The maximum atomic E-state index is 14.4. The molecule has 4 aliphatic carbocycles. The van der Waals surface area contributed by atoms with Crippen LogP contribution in [0.3, 0.4) is 0 Å². The van der Waals surface area contributed by atoms with E-state index in [2.05, 4.69) is 6.92 Å². The predicted molar refractivity (Wildman–Crippen MR) is 170 cm³/mol. The smallest absolute Gasteiger partial charge is 0.331 e.